The predicted octanol–water partition coefficient (Wildman–Crippen LogP) is 1.87. The molecule has 2 N–H and O–H groups in total. The fraction of sp³-hybridized carbons (Fsp3) is 0.588. The highest BCUT2D eigenvalue weighted by atomic mass is 16.3. The second kappa shape index (κ2) is 7.05. The van der Waals surface area contributed by atoms with Crippen LogP contribution in [0, 0.1) is 12.8 Å². The summed E-state index contributed by atoms with van der Waals surface area (Å²) in [6, 6.07) is 8.52. The molecule has 2 unspecified atom stereocenters. The highest BCUT2D eigenvalue weighted by Crippen LogP contribution is 2.41. The topological polar surface area (TPSA) is 52.6 Å². The molecule has 0 saturated heterocycles. The second-order valence-corrected chi connectivity index (χ2v) is 6.24. The van der Waals surface area contributed by atoms with Crippen LogP contribution >= 0.6 is 0 Å². The average molecular weight is 290 g/mol. The number of hydrogen-bond donors (Lipinski definition) is 2. The monoisotopic (exact) mass is 290 g/mol. The van der Waals surface area contributed by atoms with E-state index in [1.165, 1.54) is 24.0 Å². The maximum absolute atomic E-state index is 12.2. The zero-order valence-corrected chi connectivity index (χ0v) is 13.2. The van der Waals surface area contributed by atoms with E-state index in [9.17, 15) is 4.79 Å². The number of benzene rings is 1. The lowest BCUT2D eigenvalue weighted by molar-refractivity contribution is -0.123. The number of carbonyl (C=O) groups is 1. The minimum Gasteiger partial charge on any atom is -0.395 e. The molecule has 0 spiro atoms. The number of hydrogen-bond acceptors (Lipinski definition) is 3. The fourth-order valence-electron chi connectivity index (χ4n) is 2.42. The zero-order valence-electron chi connectivity index (χ0n) is 13.2. The first-order chi connectivity index (χ1) is 10.0. The summed E-state index contributed by atoms with van der Waals surface area (Å²) in [5, 5.41) is 12.3. The van der Waals surface area contributed by atoms with Crippen molar-refractivity contribution in [3.63, 3.8) is 0 Å². The molecule has 1 fully saturated rings. The van der Waals surface area contributed by atoms with Crippen molar-refractivity contribution in [3.8, 4) is 0 Å². The van der Waals surface area contributed by atoms with E-state index in [4.69, 9.17) is 5.11 Å². The Morgan fingerprint density at radius 2 is 2.00 bits per heavy atom. The number of amides is 1. The Labute approximate surface area is 127 Å². The van der Waals surface area contributed by atoms with E-state index in [0.29, 0.717) is 12.5 Å². The van der Waals surface area contributed by atoms with Gasteiger partial charge in [0.05, 0.1) is 19.2 Å². The molecule has 0 radical (unpaired) electrons. The zero-order chi connectivity index (χ0) is 15.4. The molecule has 1 aromatic carbocycles. The minimum absolute atomic E-state index is 0.00509. The molecule has 1 aliphatic rings. The van der Waals surface area contributed by atoms with E-state index in [0.717, 1.165) is 0 Å². The minimum atomic E-state index is -0.00509. The summed E-state index contributed by atoms with van der Waals surface area (Å²) in [4.78, 5) is 14.1. The Hall–Kier alpha value is -1.39. The van der Waals surface area contributed by atoms with Gasteiger partial charge in [0, 0.05) is 6.04 Å². The van der Waals surface area contributed by atoms with Crippen molar-refractivity contribution in [2.24, 2.45) is 5.92 Å². The molecule has 0 bridgehead atoms. The van der Waals surface area contributed by atoms with Gasteiger partial charge in [-0.3, -0.25) is 9.69 Å². The molecule has 1 aliphatic carbocycles. The summed E-state index contributed by atoms with van der Waals surface area (Å²) < 4.78 is 0. The van der Waals surface area contributed by atoms with Gasteiger partial charge in [-0.15, -0.1) is 0 Å². The van der Waals surface area contributed by atoms with Crippen molar-refractivity contribution in [1.29, 1.82) is 0 Å². The first-order valence-electron chi connectivity index (χ1n) is 7.68. The molecule has 1 saturated carbocycles. The van der Waals surface area contributed by atoms with Crippen LogP contribution in [0.3, 0.4) is 0 Å². The van der Waals surface area contributed by atoms with Crippen LogP contribution in [0.2, 0.25) is 0 Å². The third-order valence-electron chi connectivity index (χ3n) is 4.26. The van der Waals surface area contributed by atoms with Gasteiger partial charge in [-0.25, -0.2) is 0 Å². The number of nitrogens with zero attached hydrogens (tertiary/aromatic N) is 1. The molecule has 0 aliphatic heterocycles. The van der Waals surface area contributed by atoms with Crippen molar-refractivity contribution in [2.75, 3.05) is 20.2 Å². The number of nitrogens with one attached hydrogen (secondary N) is 1. The van der Waals surface area contributed by atoms with Crippen LogP contribution < -0.4 is 5.32 Å². The SMILES string of the molecule is Cc1ccc(C(NC(=O)CN(C)C(C)CO)C2CC2)cc1. The normalized spacial score (nSPS) is 17.6. The first-order valence-corrected chi connectivity index (χ1v) is 7.68. The van der Waals surface area contributed by atoms with E-state index in [-0.39, 0.29) is 24.6 Å². The molecule has 0 heterocycles. The van der Waals surface area contributed by atoms with Crippen LogP contribution in [-0.4, -0.2) is 42.2 Å². The lowest BCUT2D eigenvalue weighted by Gasteiger charge is -2.24. The fourth-order valence-corrected chi connectivity index (χ4v) is 2.42. The van der Waals surface area contributed by atoms with Gasteiger partial charge in [-0.2, -0.15) is 0 Å². The highest BCUT2D eigenvalue weighted by Gasteiger charge is 2.33. The Kier molecular flexibility index (Phi) is 5.37. The van der Waals surface area contributed by atoms with Crippen molar-refractivity contribution >= 4 is 5.91 Å². The third-order valence-corrected chi connectivity index (χ3v) is 4.26. The van der Waals surface area contributed by atoms with Crippen LogP contribution in [0.15, 0.2) is 24.3 Å². The van der Waals surface area contributed by atoms with E-state index in [1.807, 2.05) is 18.9 Å². The Bertz CT molecular complexity index is 468. The van der Waals surface area contributed by atoms with E-state index in [2.05, 4.69) is 36.5 Å². The van der Waals surface area contributed by atoms with Crippen molar-refractivity contribution in [1.82, 2.24) is 10.2 Å². The number of aliphatic hydroxyl groups is 1. The molecule has 21 heavy (non-hydrogen) atoms. The van der Waals surface area contributed by atoms with Crippen LogP contribution in [-0.2, 0) is 4.79 Å². The van der Waals surface area contributed by atoms with Gasteiger partial charge in [-0.1, -0.05) is 29.8 Å². The third kappa shape index (κ3) is 4.55. The van der Waals surface area contributed by atoms with Gasteiger partial charge in [-0.05, 0) is 45.2 Å². The molecule has 2 atom stereocenters. The lowest BCUT2D eigenvalue weighted by Crippen LogP contribution is -2.42. The average Bonchev–Trinajstić information content (AvgIpc) is 3.29. The maximum Gasteiger partial charge on any atom is 0.234 e. The quantitative estimate of drug-likeness (QED) is 0.806. The lowest BCUT2D eigenvalue weighted by atomic mass is 10.0. The van der Waals surface area contributed by atoms with Crippen LogP contribution in [0.1, 0.15) is 36.9 Å². The standard InChI is InChI=1S/C17H26N2O2/c1-12-4-6-14(7-5-12)17(15-8-9-15)18-16(21)10-19(3)13(2)11-20/h4-7,13,15,17,20H,8-11H2,1-3H3,(H,18,21). The molecule has 116 valence electrons. The smallest absolute Gasteiger partial charge is 0.234 e. The summed E-state index contributed by atoms with van der Waals surface area (Å²) >= 11 is 0. The molecular formula is C17H26N2O2. The summed E-state index contributed by atoms with van der Waals surface area (Å²) in [6.45, 7) is 4.36. The maximum atomic E-state index is 12.2. The number of carbonyl (C=O) groups excluding carboxylic acids is 1. The highest BCUT2D eigenvalue weighted by molar-refractivity contribution is 5.78. The Morgan fingerprint density at radius 3 is 2.52 bits per heavy atom. The van der Waals surface area contributed by atoms with Crippen molar-refractivity contribution in [3.05, 3.63) is 35.4 Å². The van der Waals surface area contributed by atoms with Crippen LogP contribution in [0.5, 0.6) is 0 Å². The summed E-state index contributed by atoms with van der Waals surface area (Å²) in [5.41, 5.74) is 2.42. The molecule has 0 aromatic heterocycles. The summed E-state index contributed by atoms with van der Waals surface area (Å²) in [5.74, 6) is 0.590. The van der Waals surface area contributed by atoms with Gasteiger partial charge in [0.1, 0.15) is 0 Å². The molecule has 4 heteroatoms. The van der Waals surface area contributed by atoms with Crippen LogP contribution in [0.25, 0.3) is 0 Å². The van der Waals surface area contributed by atoms with Crippen LogP contribution in [0.4, 0.5) is 0 Å². The van der Waals surface area contributed by atoms with Gasteiger partial charge < -0.3 is 10.4 Å². The summed E-state index contributed by atoms with van der Waals surface area (Å²) in [7, 11) is 1.86. The van der Waals surface area contributed by atoms with E-state index >= 15 is 0 Å². The molecule has 1 amide bonds. The first kappa shape index (κ1) is 16.0. The molecule has 2 rings (SSSR count). The molecule has 1 aromatic rings. The number of likely N-dealkylation sites (N-methyl/N-ethyl adjacent to an activating group) is 1. The van der Waals surface area contributed by atoms with Gasteiger partial charge in [0.25, 0.3) is 0 Å². The van der Waals surface area contributed by atoms with E-state index in [1.54, 1.807) is 0 Å². The molecule has 4 nitrogen and oxygen atoms in total. The largest absolute Gasteiger partial charge is 0.395 e. The number of aliphatic hydroxyl groups excluding tert-OH is 1. The van der Waals surface area contributed by atoms with Gasteiger partial charge in [0.2, 0.25) is 5.91 Å². The van der Waals surface area contributed by atoms with Gasteiger partial charge in [0.15, 0.2) is 0 Å². The van der Waals surface area contributed by atoms with Crippen molar-refractivity contribution in [2.45, 2.75) is 38.8 Å². The second-order valence-electron chi connectivity index (χ2n) is 6.24. The predicted molar refractivity (Wildman–Crippen MR) is 84.0 cm³/mol. The van der Waals surface area contributed by atoms with Gasteiger partial charge >= 0.3 is 0 Å². The summed E-state index contributed by atoms with van der Waals surface area (Å²) in [6.07, 6.45) is 2.36. The van der Waals surface area contributed by atoms with Crippen molar-refractivity contribution < 1.29 is 9.90 Å². The van der Waals surface area contributed by atoms with E-state index < -0.39 is 0 Å². The Morgan fingerprint density at radius 1 is 1.38 bits per heavy atom. The number of rotatable bonds is 7. The Balaban J connectivity index is 1.97. The number of aryl methyl sites for hydroxylation is 1. The molecular weight excluding hydrogens is 264 g/mol.